The van der Waals surface area contributed by atoms with Crippen LogP contribution in [-0.2, 0) is 6.42 Å². The average molecular weight is 431 g/mol. The van der Waals surface area contributed by atoms with E-state index in [2.05, 4.69) is 20.3 Å². The predicted octanol–water partition coefficient (Wildman–Crippen LogP) is 3.71. The molecule has 2 heterocycles. The Hall–Kier alpha value is -4.07. The van der Waals surface area contributed by atoms with Gasteiger partial charge in [0, 0.05) is 6.20 Å². The lowest BCUT2D eigenvalue weighted by molar-refractivity contribution is 0.332. The summed E-state index contributed by atoms with van der Waals surface area (Å²) in [7, 11) is 3.24. The quantitative estimate of drug-likeness (QED) is 0.387. The lowest BCUT2D eigenvalue weighted by Gasteiger charge is -2.12. The summed E-state index contributed by atoms with van der Waals surface area (Å²) in [5, 5.41) is 3.89. The van der Waals surface area contributed by atoms with Crippen LogP contribution in [0.1, 0.15) is 11.1 Å². The van der Waals surface area contributed by atoms with Gasteiger partial charge in [0.15, 0.2) is 17.1 Å². The number of para-hydroxylation sites is 1. The van der Waals surface area contributed by atoms with Gasteiger partial charge in [-0.2, -0.15) is 9.97 Å². The van der Waals surface area contributed by atoms with E-state index in [9.17, 15) is 0 Å². The number of nitrogens with two attached hydrogens (primary N) is 1. The maximum Gasteiger partial charge on any atom is 0.226 e. The van der Waals surface area contributed by atoms with E-state index in [-0.39, 0.29) is 0 Å². The lowest BCUT2D eigenvalue weighted by Crippen LogP contribution is -2.14. The van der Waals surface area contributed by atoms with E-state index in [1.807, 2.05) is 54.6 Å². The Morgan fingerprint density at radius 1 is 0.938 bits per heavy atom. The van der Waals surface area contributed by atoms with Gasteiger partial charge in [-0.3, -0.25) is 0 Å². The molecule has 0 amide bonds. The second-order valence-corrected chi connectivity index (χ2v) is 7.06. The summed E-state index contributed by atoms with van der Waals surface area (Å²) in [5.41, 5.74) is 8.88. The SMILES string of the molecule is COc1ccc(Cc2ccnc3nc(NCCOc4ccccc4)nc(N)c23)cc1OC. The third-order valence-electron chi connectivity index (χ3n) is 4.95. The summed E-state index contributed by atoms with van der Waals surface area (Å²) in [6.07, 6.45) is 2.36. The molecular formula is C24H25N5O3. The topological polar surface area (TPSA) is 104 Å². The normalized spacial score (nSPS) is 10.7. The molecule has 0 aliphatic carbocycles. The van der Waals surface area contributed by atoms with Gasteiger partial charge in [0.2, 0.25) is 5.95 Å². The molecule has 164 valence electrons. The highest BCUT2D eigenvalue weighted by atomic mass is 16.5. The molecule has 8 nitrogen and oxygen atoms in total. The Morgan fingerprint density at radius 3 is 2.53 bits per heavy atom. The van der Waals surface area contributed by atoms with Crippen LogP contribution < -0.4 is 25.3 Å². The van der Waals surface area contributed by atoms with E-state index < -0.39 is 0 Å². The summed E-state index contributed by atoms with van der Waals surface area (Å²) in [4.78, 5) is 13.3. The van der Waals surface area contributed by atoms with Crippen LogP contribution in [0.25, 0.3) is 11.0 Å². The molecule has 0 bridgehead atoms. The number of rotatable bonds is 9. The molecule has 4 aromatic rings. The molecule has 8 heteroatoms. The first-order chi connectivity index (χ1) is 15.7. The van der Waals surface area contributed by atoms with Gasteiger partial charge in [-0.15, -0.1) is 0 Å². The van der Waals surface area contributed by atoms with Crippen LogP contribution in [0.15, 0.2) is 60.8 Å². The Bertz CT molecular complexity index is 1200. The van der Waals surface area contributed by atoms with Crippen molar-refractivity contribution in [3.8, 4) is 17.2 Å². The number of benzene rings is 2. The number of fused-ring (bicyclic) bond motifs is 1. The molecule has 0 aliphatic rings. The Morgan fingerprint density at radius 2 is 1.75 bits per heavy atom. The maximum absolute atomic E-state index is 6.30. The minimum Gasteiger partial charge on any atom is -0.493 e. The van der Waals surface area contributed by atoms with E-state index in [4.69, 9.17) is 19.9 Å². The van der Waals surface area contributed by atoms with Gasteiger partial charge in [-0.1, -0.05) is 24.3 Å². The molecular weight excluding hydrogens is 406 g/mol. The van der Waals surface area contributed by atoms with Crippen LogP contribution in [0.2, 0.25) is 0 Å². The third kappa shape index (κ3) is 4.80. The number of nitrogens with one attached hydrogen (secondary N) is 1. The van der Waals surface area contributed by atoms with Crippen LogP contribution in [0, 0.1) is 0 Å². The number of pyridine rings is 1. The zero-order chi connectivity index (χ0) is 22.3. The van der Waals surface area contributed by atoms with Crippen molar-refractivity contribution in [2.45, 2.75) is 6.42 Å². The zero-order valence-corrected chi connectivity index (χ0v) is 18.0. The first kappa shape index (κ1) is 21.2. The fourth-order valence-electron chi connectivity index (χ4n) is 3.43. The highest BCUT2D eigenvalue weighted by Gasteiger charge is 2.13. The second kappa shape index (κ2) is 9.82. The first-order valence-electron chi connectivity index (χ1n) is 10.2. The molecule has 0 fully saturated rings. The van der Waals surface area contributed by atoms with Crippen molar-refractivity contribution in [2.75, 3.05) is 38.4 Å². The Balaban J connectivity index is 1.49. The van der Waals surface area contributed by atoms with Crippen LogP contribution in [0.3, 0.4) is 0 Å². The predicted molar refractivity (Wildman–Crippen MR) is 125 cm³/mol. The molecule has 4 rings (SSSR count). The number of aromatic nitrogens is 3. The number of nitrogen functional groups attached to an aromatic ring is 1. The molecule has 0 unspecified atom stereocenters. The van der Waals surface area contributed by atoms with Gasteiger partial charge in [0.1, 0.15) is 18.2 Å². The Labute approximate surface area is 186 Å². The van der Waals surface area contributed by atoms with Crippen molar-refractivity contribution in [3.05, 3.63) is 71.9 Å². The molecule has 3 N–H and O–H groups in total. The molecule has 0 aliphatic heterocycles. The largest absolute Gasteiger partial charge is 0.493 e. The minimum absolute atomic E-state index is 0.380. The van der Waals surface area contributed by atoms with E-state index >= 15 is 0 Å². The maximum atomic E-state index is 6.30. The first-order valence-corrected chi connectivity index (χ1v) is 10.2. The number of methoxy groups -OCH3 is 2. The highest BCUT2D eigenvalue weighted by Crippen LogP contribution is 2.30. The highest BCUT2D eigenvalue weighted by molar-refractivity contribution is 5.89. The van der Waals surface area contributed by atoms with E-state index in [0.717, 1.165) is 22.3 Å². The summed E-state index contributed by atoms with van der Waals surface area (Å²) in [6, 6.07) is 17.4. The standard InChI is InChI=1S/C24H25N5O3/c1-30-19-9-8-16(15-20(19)31-2)14-17-10-11-26-23-21(17)22(25)28-24(29-23)27-12-13-32-18-6-4-3-5-7-18/h3-11,15H,12-14H2,1-2H3,(H3,25,26,27,28,29). The summed E-state index contributed by atoms with van der Waals surface area (Å²) in [6.45, 7) is 1.00. The van der Waals surface area contributed by atoms with Gasteiger partial charge < -0.3 is 25.3 Å². The molecule has 0 spiro atoms. The summed E-state index contributed by atoms with van der Waals surface area (Å²) in [5.74, 6) is 2.98. The molecule has 2 aromatic carbocycles. The fraction of sp³-hybridized carbons (Fsp3) is 0.208. The summed E-state index contributed by atoms with van der Waals surface area (Å²) >= 11 is 0. The van der Waals surface area contributed by atoms with Crippen molar-refractivity contribution in [3.63, 3.8) is 0 Å². The van der Waals surface area contributed by atoms with Crippen LogP contribution in [-0.4, -0.2) is 42.3 Å². The lowest BCUT2D eigenvalue weighted by atomic mass is 10.0. The number of hydrogen-bond acceptors (Lipinski definition) is 8. The van der Waals surface area contributed by atoms with Gasteiger partial charge in [0.05, 0.1) is 26.2 Å². The van der Waals surface area contributed by atoms with Crippen molar-refractivity contribution >= 4 is 22.8 Å². The van der Waals surface area contributed by atoms with Crippen molar-refractivity contribution in [2.24, 2.45) is 0 Å². The third-order valence-corrected chi connectivity index (χ3v) is 4.95. The summed E-state index contributed by atoms with van der Waals surface area (Å²) < 4.78 is 16.4. The van der Waals surface area contributed by atoms with E-state index in [0.29, 0.717) is 48.5 Å². The van der Waals surface area contributed by atoms with Gasteiger partial charge in [0.25, 0.3) is 0 Å². The number of hydrogen-bond donors (Lipinski definition) is 2. The number of ether oxygens (including phenoxy) is 3. The number of anilines is 2. The molecule has 0 atom stereocenters. The fourth-order valence-corrected chi connectivity index (χ4v) is 3.43. The second-order valence-electron chi connectivity index (χ2n) is 7.06. The van der Waals surface area contributed by atoms with Crippen LogP contribution in [0.5, 0.6) is 17.2 Å². The molecule has 0 radical (unpaired) electrons. The number of nitrogens with zero attached hydrogens (tertiary/aromatic N) is 3. The molecule has 32 heavy (non-hydrogen) atoms. The van der Waals surface area contributed by atoms with Gasteiger partial charge in [-0.25, -0.2) is 4.98 Å². The van der Waals surface area contributed by atoms with E-state index in [1.165, 1.54) is 0 Å². The van der Waals surface area contributed by atoms with Crippen LogP contribution >= 0.6 is 0 Å². The monoisotopic (exact) mass is 431 g/mol. The van der Waals surface area contributed by atoms with Crippen molar-refractivity contribution in [1.29, 1.82) is 0 Å². The van der Waals surface area contributed by atoms with Gasteiger partial charge in [-0.05, 0) is 47.9 Å². The minimum atomic E-state index is 0.380. The van der Waals surface area contributed by atoms with Crippen molar-refractivity contribution in [1.82, 2.24) is 15.0 Å². The molecule has 2 aromatic heterocycles. The zero-order valence-electron chi connectivity index (χ0n) is 18.0. The van der Waals surface area contributed by atoms with E-state index in [1.54, 1.807) is 20.4 Å². The van der Waals surface area contributed by atoms with Crippen molar-refractivity contribution < 1.29 is 14.2 Å². The molecule has 0 saturated heterocycles. The smallest absolute Gasteiger partial charge is 0.226 e. The average Bonchev–Trinajstić information content (AvgIpc) is 2.82. The van der Waals surface area contributed by atoms with Crippen LogP contribution in [0.4, 0.5) is 11.8 Å². The molecule has 0 saturated carbocycles. The Kier molecular flexibility index (Phi) is 6.50. The van der Waals surface area contributed by atoms with Gasteiger partial charge >= 0.3 is 0 Å².